The molecule has 0 aromatic heterocycles. The van der Waals surface area contributed by atoms with Crippen LogP contribution in [0.4, 0.5) is 5.69 Å². The molecule has 1 unspecified atom stereocenters. The summed E-state index contributed by atoms with van der Waals surface area (Å²) in [7, 11) is 1.58. The highest BCUT2D eigenvalue weighted by Gasteiger charge is 2.35. The van der Waals surface area contributed by atoms with E-state index in [9.17, 15) is 14.8 Å². The Morgan fingerprint density at radius 3 is 2.57 bits per heavy atom. The number of carbonyl (C=O) groups excluding carboxylic acids is 3. The molecule has 2 aromatic rings. The SMILES string of the molecule is CCOc1cc(C(CCNO)N2Cc3cccc(NC(=O)C(C)C)c3C2=O)ccc1OC.NC=O. The summed E-state index contributed by atoms with van der Waals surface area (Å²) in [5.74, 6) is 0.726. The second-order valence-corrected chi connectivity index (χ2v) is 8.11. The van der Waals surface area contributed by atoms with Gasteiger partial charge in [-0.25, -0.2) is 5.48 Å². The zero-order valence-electron chi connectivity index (χ0n) is 20.5. The van der Waals surface area contributed by atoms with Crippen LogP contribution in [0, 0.1) is 5.92 Å². The Bertz CT molecular complexity index is 1030. The summed E-state index contributed by atoms with van der Waals surface area (Å²) >= 11 is 0. The molecule has 1 atom stereocenters. The highest BCUT2D eigenvalue weighted by molar-refractivity contribution is 6.07. The van der Waals surface area contributed by atoms with E-state index in [1.807, 2.05) is 51.1 Å². The van der Waals surface area contributed by atoms with Crippen molar-refractivity contribution in [1.29, 1.82) is 0 Å². The van der Waals surface area contributed by atoms with Gasteiger partial charge in [0.05, 0.1) is 31.0 Å². The van der Waals surface area contributed by atoms with Crippen LogP contribution in [0.25, 0.3) is 0 Å². The molecule has 0 aliphatic carbocycles. The molecule has 190 valence electrons. The van der Waals surface area contributed by atoms with Crippen LogP contribution in [-0.4, -0.2) is 48.6 Å². The van der Waals surface area contributed by atoms with Crippen molar-refractivity contribution in [1.82, 2.24) is 10.4 Å². The van der Waals surface area contributed by atoms with Gasteiger partial charge in [0.1, 0.15) is 0 Å². The van der Waals surface area contributed by atoms with Crippen molar-refractivity contribution < 1.29 is 29.1 Å². The fourth-order valence-electron chi connectivity index (χ4n) is 3.89. The normalized spacial score (nSPS) is 13.0. The zero-order valence-corrected chi connectivity index (χ0v) is 20.5. The first-order valence-corrected chi connectivity index (χ1v) is 11.4. The minimum Gasteiger partial charge on any atom is -0.493 e. The van der Waals surface area contributed by atoms with E-state index in [1.165, 1.54) is 0 Å². The van der Waals surface area contributed by atoms with E-state index in [0.717, 1.165) is 11.1 Å². The quantitative estimate of drug-likeness (QED) is 0.299. The van der Waals surface area contributed by atoms with Gasteiger partial charge in [-0.3, -0.25) is 14.4 Å². The van der Waals surface area contributed by atoms with Gasteiger partial charge in [0.25, 0.3) is 5.91 Å². The molecule has 0 radical (unpaired) electrons. The smallest absolute Gasteiger partial charge is 0.257 e. The Hall–Kier alpha value is -3.63. The fourth-order valence-corrected chi connectivity index (χ4v) is 3.89. The monoisotopic (exact) mass is 486 g/mol. The first kappa shape index (κ1) is 27.6. The Morgan fingerprint density at radius 2 is 1.97 bits per heavy atom. The predicted molar refractivity (Wildman–Crippen MR) is 131 cm³/mol. The molecule has 3 amide bonds. The number of nitrogens with two attached hydrogens (primary N) is 1. The lowest BCUT2D eigenvalue weighted by atomic mass is 10.0. The largest absolute Gasteiger partial charge is 0.493 e. The first-order valence-electron chi connectivity index (χ1n) is 11.4. The molecular weight excluding hydrogens is 452 g/mol. The number of amides is 3. The first-order chi connectivity index (χ1) is 16.8. The van der Waals surface area contributed by atoms with Crippen LogP contribution in [0.3, 0.4) is 0 Å². The minimum absolute atomic E-state index is 0.137. The zero-order chi connectivity index (χ0) is 26.0. The Morgan fingerprint density at radius 1 is 1.26 bits per heavy atom. The van der Waals surface area contributed by atoms with E-state index in [1.54, 1.807) is 18.1 Å². The van der Waals surface area contributed by atoms with E-state index >= 15 is 0 Å². The average Bonchev–Trinajstić information content (AvgIpc) is 3.17. The lowest BCUT2D eigenvalue weighted by Crippen LogP contribution is -2.31. The lowest BCUT2D eigenvalue weighted by Gasteiger charge is -2.29. The Kier molecular flexibility index (Phi) is 10.5. The van der Waals surface area contributed by atoms with Crippen LogP contribution < -0.4 is 26.0 Å². The van der Waals surface area contributed by atoms with Crippen molar-refractivity contribution in [3.05, 3.63) is 53.1 Å². The van der Waals surface area contributed by atoms with Gasteiger partial charge >= 0.3 is 0 Å². The van der Waals surface area contributed by atoms with Gasteiger partial charge < -0.3 is 30.6 Å². The van der Waals surface area contributed by atoms with Gasteiger partial charge in [-0.2, -0.15) is 0 Å². The number of fused-ring (bicyclic) bond motifs is 1. The molecular formula is C25H34N4O6. The Labute approximate surface area is 205 Å². The van der Waals surface area contributed by atoms with E-state index in [4.69, 9.17) is 14.3 Å². The number of hydroxylamine groups is 1. The molecule has 10 heteroatoms. The topological polar surface area (TPSA) is 143 Å². The molecule has 2 aromatic carbocycles. The molecule has 0 saturated carbocycles. The van der Waals surface area contributed by atoms with Gasteiger partial charge in [-0.15, -0.1) is 0 Å². The maximum atomic E-state index is 13.5. The number of ether oxygens (including phenoxy) is 2. The van der Waals surface area contributed by atoms with Crippen molar-refractivity contribution in [2.24, 2.45) is 11.7 Å². The highest BCUT2D eigenvalue weighted by Crippen LogP contribution is 2.39. The number of methoxy groups -OCH3 is 1. The van der Waals surface area contributed by atoms with Gasteiger partial charge in [0.15, 0.2) is 11.5 Å². The van der Waals surface area contributed by atoms with E-state index in [2.05, 4.69) is 16.5 Å². The molecule has 1 heterocycles. The number of carbonyl (C=O) groups is 3. The summed E-state index contributed by atoms with van der Waals surface area (Å²) in [4.78, 5) is 36.1. The van der Waals surface area contributed by atoms with Crippen LogP contribution in [0.1, 0.15) is 54.7 Å². The van der Waals surface area contributed by atoms with E-state index in [-0.39, 0.29) is 30.2 Å². The van der Waals surface area contributed by atoms with Crippen LogP contribution in [0.5, 0.6) is 11.5 Å². The molecule has 0 spiro atoms. The molecule has 10 nitrogen and oxygen atoms in total. The number of benzene rings is 2. The van der Waals surface area contributed by atoms with Crippen molar-refractivity contribution in [2.75, 3.05) is 25.6 Å². The van der Waals surface area contributed by atoms with Crippen molar-refractivity contribution in [2.45, 2.75) is 39.8 Å². The number of hydrogen-bond donors (Lipinski definition) is 4. The highest BCUT2D eigenvalue weighted by atomic mass is 16.5. The van der Waals surface area contributed by atoms with Crippen LogP contribution in [0.15, 0.2) is 36.4 Å². The molecule has 35 heavy (non-hydrogen) atoms. The van der Waals surface area contributed by atoms with Gasteiger partial charge in [-0.1, -0.05) is 32.0 Å². The Balaban J connectivity index is 0.00000137. The average molecular weight is 487 g/mol. The molecule has 0 saturated heterocycles. The number of anilines is 1. The lowest BCUT2D eigenvalue weighted by molar-refractivity contribution is -0.118. The van der Waals surface area contributed by atoms with Crippen LogP contribution >= 0.6 is 0 Å². The third-order valence-corrected chi connectivity index (χ3v) is 5.53. The summed E-state index contributed by atoms with van der Waals surface area (Å²) < 4.78 is 11.1. The molecule has 3 rings (SSSR count). The van der Waals surface area contributed by atoms with E-state index in [0.29, 0.717) is 48.9 Å². The van der Waals surface area contributed by atoms with Gasteiger partial charge in [-0.05, 0) is 42.7 Å². The second kappa shape index (κ2) is 13.3. The van der Waals surface area contributed by atoms with Gasteiger partial charge in [0, 0.05) is 19.0 Å². The molecule has 1 aliphatic rings. The van der Waals surface area contributed by atoms with Crippen LogP contribution in [-0.2, 0) is 16.1 Å². The summed E-state index contributed by atoms with van der Waals surface area (Å²) in [5, 5.41) is 12.1. The predicted octanol–water partition coefficient (Wildman–Crippen LogP) is 2.86. The maximum Gasteiger partial charge on any atom is 0.257 e. The fraction of sp³-hybridized carbons (Fsp3) is 0.400. The summed E-state index contributed by atoms with van der Waals surface area (Å²) in [6, 6.07) is 10.8. The van der Waals surface area contributed by atoms with Crippen molar-refractivity contribution >= 4 is 23.9 Å². The van der Waals surface area contributed by atoms with E-state index < -0.39 is 0 Å². The number of nitrogens with zero attached hydrogens (tertiary/aromatic N) is 1. The van der Waals surface area contributed by atoms with Gasteiger partial charge in [0.2, 0.25) is 12.3 Å². The summed E-state index contributed by atoms with van der Waals surface area (Å²) in [6.07, 6.45) is 0.738. The van der Waals surface area contributed by atoms with Crippen molar-refractivity contribution in [3.8, 4) is 11.5 Å². The maximum absolute atomic E-state index is 13.5. The third kappa shape index (κ3) is 6.71. The standard InChI is InChI=1S/C24H31N3O5.CH3NO/c1-5-32-21-13-16(9-10-20(21)31-4)19(11-12-25-30)27-14-17-7-6-8-18(22(17)24(27)29)26-23(28)15(2)3;2-1-3/h6-10,13,15,19,25,30H,5,11-12,14H2,1-4H3,(H,26,28);1H,(H2,2,3). The molecule has 1 aliphatic heterocycles. The molecule has 0 bridgehead atoms. The number of primary amides is 1. The number of hydrogen-bond acceptors (Lipinski definition) is 7. The third-order valence-electron chi connectivity index (χ3n) is 5.53. The minimum atomic E-state index is -0.312. The summed E-state index contributed by atoms with van der Waals surface area (Å²) in [6.45, 7) is 6.71. The summed E-state index contributed by atoms with van der Waals surface area (Å²) in [5.41, 5.74) is 9.13. The number of rotatable bonds is 10. The number of nitrogens with one attached hydrogen (secondary N) is 2. The van der Waals surface area contributed by atoms with Crippen LogP contribution in [0.2, 0.25) is 0 Å². The molecule has 5 N–H and O–H groups in total. The molecule has 0 fully saturated rings. The second-order valence-electron chi connectivity index (χ2n) is 8.11. The van der Waals surface area contributed by atoms with Crippen molar-refractivity contribution in [3.63, 3.8) is 0 Å².